The number of pyridine rings is 1. The highest BCUT2D eigenvalue weighted by atomic mass is 32.1. The molecule has 1 aliphatic heterocycles. The minimum atomic E-state index is 0.0940. The molecule has 0 bridgehead atoms. The third-order valence-corrected chi connectivity index (χ3v) is 7.84. The lowest BCUT2D eigenvalue weighted by atomic mass is 9.89. The lowest BCUT2D eigenvalue weighted by Crippen LogP contribution is -2.22. The number of benzene rings is 1. The van der Waals surface area contributed by atoms with E-state index in [0.29, 0.717) is 18.9 Å². The van der Waals surface area contributed by atoms with Crippen molar-refractivity contribution in [2.45, 2.75) is 51.2 Å². The molecule has 2 aromatic heterocycles. The largest absolute Gasteiger partial charge is 0.374 e. The van der Waals surface area contributed by atoms with Crippen LogP contribution in [0.2, 0.25) is 0 Å². The molecule has 0 fully saturated rings. The van der Waals surface area contributed by atoms with Crippen LogP contribution in [0.5, 0.6) is 0 Å². The molecule has 7 heteroatoms. The van der Waals surface area contributed by atoms with Crippen LogP contribution in [0.25, 0.3) is 0 Å². The average molecular weight is 507 g/mol. The topological polar surface area (TPSA) is 66.5 Å². The van der Waals surface area contributed by atoms with E-state index in [-0.39, 0.29) is 11.9 Å². The van der Waals surface area contributed by atoms with Gasteiger partial charge in [-0.3, -0.25) is 4.79 Å². The Hall–Kier alpha value is -2.74. The summed E-state index contributed by atoms with van der Waals surface area (Å²) in [6.07, 6.45) is 5.13. The molecule has 3 heterocycles. The zero-order valence-corrected chi connectivity index (χ0v) is 22.4. The standard InChI is InChI=1S/C29H38N4O2S/c1-4-31-29-18-25-24(19-32-29)26(34)11-10-22(13-15-33(25)3)23-8-5-7-21(17-23)20-35-27(12-14-30-2)28-9-6-16-36-28/h5-9,16-19,22,27,30H,4,10-15,20H2,1-3H3,(H,31,32). The molecule has 1 aliphatic rings. The maximum absolute atomic E-state index is 13.1. The van der Waals surface area contributed by atoms with Gasteiger partial charge in [-0.25, -0.2) is 4.98 Å². The quantitative estimate of drug-likeness (QED) is 0.350. The van der Waals surface area contributed by atoms with E-state index < -0.39 is 0 Å². The number of anilines is 2. The molecule has 0 aliphatic carbocycles. The van der Waals surface area contributed by atoms with E-state index in [1.54, 1.807) is 17.5 Å². The predicted molar refractivity (Wildman–Crippen MR) is 149 cm³/mol. The zero-order chi connectivity index (χ0) is 25.3. The van der Waals surface area contributed by atoms with E-state index in [1.807, 2.05) is 20.0 Å². The number of carbonyl (C=O) groups is 1. The van der Waals surface area contributed by atoms with Crippen molar-refractivity contribution in [2.24, 2.45) is 0 Å². The molecule has 0 saturated carbocycles. The second-order valence-corrected chi connectivity index (χ2v) is 10.4. The number of ketones is 1. The number of nitrogens with one attached hydrogen (secondary N) is 2. The van der Waals surface area contributed by atoms with Crippen LogP contribution in [0.4, 0.5) is 11.5 Å². The van der Waals surface area contributed by atoms with Crippen LogP contribution in [-0.2, 0) is 11.3 Å². The molecule has 6 nitrogen and oxygen atoms in total. The van der Waals surface area contributed by atoms with Gasteiger partial charge in [-0.1, -0.05) is 30.3 Å². The first-order valence-electron chi connectivity index (χ1n) is 13.0. The van der Waals surface area contributed by atoms with Crippen LogP contribution >= 0.6 is 11.3 Å². The number of hydrogen-bond acceptors (Lipinski definition) is 7. The van der Waals surface area contributed by atoms with Crippen molar-refractivity contribution in [3.63, 3.8) is 0 Å². The van der Waals surface area contributed by atoms with Crippen molar-refractivity contribution in [3.8, 4) is 0 Å². The molecule has 0 radical (unpaired) electrons. The van der Waals surface area contributed by atoms with Gasteiger partial charge < -0.3 is 20.3 Å². The first-order chi connectivity index (χ1) is 17.6. The van der Waals surface area contributed by atoms with E-state index in [0.717, 1.165) is 56.0 Å². The lowest BCUT2D eigenvalue weighted by Gasteiger charge is -2.24. The highest BCUT2D eigenvalue weighted by Crippen LogP contribution is 2.33. The Morgan fingerprint density at radius 1 is 1.22 bits per heavy atom. The number of thiophene rings is 1. The van der Waals surface area contributed by atoms with Crippen LogP contribution in [0, 0.1) is 0 Å². The summed E-state index contributed by atoms with van der Waals surface area (Å²) in [5, 5.41) is 8.60. The predicted octanol–water partition coefficient (Wildman–Crippen LogP) is 6.03. The molecule has 36 heavy (non-hydrogen) atoms. The van der Waals surface area contributed by atoms with Crippen LogP contribution in [0.3, 0.4) is 0 Å². The van der Waals surface area contributed by atoms with Gasteiger partial charge in [-0.15, -0.1) is 11.3 Å². The second kappa shape index (κ2) is 13.0. The summed E-state index contributed by atoms with van der Waals surface area (Å²) in [7, 11) is 4.05. The molecule has 0 saturated heterocycles. The van der Waals surface area contributed by atoms with Crippen molar-refractivity contribution in [3.05, 3.63) is 75.6 Å². The van der Waals surface area contributed by atoms with E-state index >= 15 is 0 Å². The van der Waals surface area contributed by atoms with Gasteiger partial charge in [-0.05, 0) is 68.3 Å². The zero-order valence-electron chi connectivity index (χ0n) is 21.6. The Morgan fingerprint density at radius 2 is 2.11 bits per heavy atom. The first-order valence-corrected chi connectivity index (χ1v) is 13.8. The molecule has 2 N–H and O–H groups in total. The fourth-order valence-corrected chi connectivity index (χ4v) is 5.64. The van der Waals surface area contributed by atoms with Crippen LogP contribution < -0.4 is 15.5 Å². The number of aromatic nitrogens is 1. The van der Waals surface area contributed by atoms with Crippen LogP contribution in [0.15, 0.2) is 54.0 Å². The number of Topliss-reactive ketones (excluding diaryl/α,β-unsaturated/α-hetero) is 1. The summed E-state index contributed by atoms with van der Waals surface area (Å²) in [4.78, 5) is 21.1. The Kier molecular flexibility index (Phi) is 9.50. The number of hydrogen-bond donors (Lipinski definition) is 2. The van der Waals surface area contributed by atoms with Gasteiger partial charge >= 0.3 is 0 Å². The van der Waals surface area contributed by atoms with E-state index in [9.17, 15) is 4.79 Å². The van der Waals surface area contributed by atoms with Gasteiger partial charge in [0.2, 0.25) is 0 Å². The summed E-state index contributed by atoms with van der Waals surface area (Å²) >= 11 is 1.75. The molecule has 2 atom stereocenters. The van der Waals surface area contributed by atoms with Crippen molar-refractivity contribution >= 4 is 28.6 Å². The van der Waals surface area contributed by atoms with E-state index in [4.69, 9.17) is 4.74 Å². The summed E-state index contributed by atoms with van der Waals surface area (Å²) < 4.78 is 6.38. The van der Waals surface area contributed by atoms with Crippen molar-refractivity contribution in [2.75, 3.05) is 43.9 Å². The van der Waals surface area contributed by atoms with Gasteiger partial charge in [0.25, 0.3) is 0 Å². The highest BCUT2D eigenvalue weighted by molar-refractivity contribution is 7.10. The summed E-state index contributed by atoms with van der Waals surface area (Å²) in [6, 6.07) is 15.0. The van der Waals surface area contributed by atoms with Crippen molar-refractivity contribution in [1.29, 1.82) is 0 Å². The van der Waals surface area contributed by atoms with Gasteiger partial charge in [0.05, 0.1) is 24.0 Å². The lowest BCUT2D eigenvalue weighted by molar-refractivity contribution is 0.0367. The van der Waals surface area contributed by atoms with Crippen LogP contribution in [-0.4, -0.2) is 44.5 Å². The molecule has 3 aromatic rings. The Balaban J connectivity index is 1.46. The molecular formula is C29H38N4O2S. The van der Waals surface area contributed by atoms with Crippen molar-refractivity contribution in [1.82, 2.24) is 10.3 Å². The molecule has 0 spiro atoms. The third kappa shape index (κ3) is 6.72. The fourth-order valence-electron chi connectivity index (χ4n) is 4.83. The van der Waals surface area contributed by atoms with Crippen molar-refractivity contribution < 1.29 is 9.53 Å². The number of rotatable bonds is 10. The van der Waals surface area contributed by atoms with Gasteiger partial charge in [0.1, 0.15) is 5.82 Å². The minimum Gasteiger partial charge on any atom is -0.374 e. The number of carbonyl (C=O) groups excluding carboxylic acids is 1. The monoisotopic (exact) mass is 506 g/mol. The Labute approximate surface area is 219 Å². The highest BCUT2D eigenvalue weighted by Gasteiger charge is 2.23. The maximum Gasteiger partial charge on any atom is 0.166 e. The third-order valence-electron chi connectivity index (χ3n) is 6.88. The molecular weight excluding hydrogens is 468 g/mol. The molecule has 0 amide bonds. The Bertz CT molecular complexity index is 1120. The summed E-state index contributed by atoms with van der Waals surface area (Å²) in [6.45, 7) is 5.23. The maximum atomic E-state index is 13.1. The van der Waals surface area contributed by atoms with Gasteiger partial charge in [-0.2, -0.15) is 0 Å². The normalized spacial score (nSPS) is 17.1. The molecule has 4 rings (SSSR count). The van der Waals surface area contributed by atoms with Gasteiger partial charge in [0.15, 0.2) is 5.78 Å². The Morgan fingerprint density at radius 3 is 2.89 bits per heavy atom. The first kappa shape index (κ1) is 26.3. The minimum absolute atomic E-state index is 0.0940. The second-order valence-electron chi connectivity index (χ2n) is 9.44. The molecule has 1 aromatic carbocycles. The van der Waals surface area contributed by atoms with E-state index in [1.165, 1.54) is 16.0 Å². The smallest absolute Gasteiger partial charge is 0.166 e. The molecule has 192 valence electrons. The van der Waals surface area contributed by atoms with Crippen LogP contribution in [0.1, 0.15) is 71.0 Å². The number of fused-ring (bicyclic) bond motifs is 1. The van der Waals surface area contributed by atoms with E-state index in [2.05, 4.69) is 69.3 Å². The summed E-state index contributed by atoms with van der Waals surface area (Å²) in [5.74, 6) is 1.31. The fraction of sp³-hybridized carbons (Fsp3) is 0.448. The number of ether oxygens (including phenoxy) is 1. The molecule has 2 unspecified atom stereocenters. The van der Waals surface area contributed by atoms with Gasteiger partial charge in [0, 0.05) is 43.7 Å². The number of nitrogens with zero attached hydrogens (tertiary/aromatic N) is 2. The summed E-state index contributed by atoms with van der Waals surface area (Å²) in [5.41, 5.74) is 4.16. The average Bonchev–Trinajstić information content (AvgIpc) is 3.44. The SMILES string of the molecule is CCNc1cc2c(cn1)C(=O)CCC(c1cccc(COC(CCNC)c3cccs3)c1)CCN2C.